The van der Waals surface area contributed by atoms with Crippen molar-refractivity contribution < 1.29 is 14.3 Å². The van der Waals surface area contributed by atoms with Crippen molar-refractivity contribution in [3.63, 3.8) is 0 Å². The van der Waals surface area contributed by atoms with Crippen LogP contribution in [0.1, 0.15) is 16.3 Å². The molecule has 0 unspecified atom stereocenters. The van der Waals surface area contributed by atoms with E-state index in [4.69, 9.17) is 9.52 Å². The first-order valence-corrected chi connectivity index (χ1v) is 7.31. The molecular formula is C16H13NO3S. The normalized spacial score (nSPS) is 10.5. The van der Waals surface area contributed by atoms with Gasteiger partial charge in [0.05, 0.1) is 6.54 Å². The molecule has 4 nitrogen and oxygen atoms in total. The first-order chi connectivity index (χ1) is 10.2. The van der Waals surface area contributed by atoms with E-state index in [-0.39, 0.29) is 5.76 Å². The van der Waals surface area contributed by atoms with Gasteiger partial charge >= 0.3 is 5.97 Å². The van der Waals surface area contributed by atoms with E-state index < -0.39 is 5.97 Å². The Hall–Kier alpha value is -2.53. The molecule has 106 valence electrons. The number of nitrogens with one attached hydrogen (secondary N) is 1. The lowest BCUT2D eigenvalue weighted by atomic mass is 10.1. The molecule has 3 aromatic rings. The van der Waals surface area contributed by atoms with Crippen molar-refractivity contribution >= 4 is 23.0 Å². The van der Waals surface area contributed by atoms with Gasteiger partial charge in [0.25, 0.3) is 0 Å². The fourth-order valence-electron chi connectivity index (χ4n) is 2.05. The third-order valence-corrected chi connectivity index (χ3v) is 3.94. The molecule has 21 heavy (non-hydrogen) atoms. The molecule has 0 spiro atoms. The van der Waals surface area contributed by atoms with Crippen molar-refractivity contribution in [2.75, 3.05) is 5.32 Å². The number of carboxylic acids is 1. The van der Waals surface area contributed by atoms with Gasteiger partial charge in [0.15, 0.2) is 0 Å². The Kier molecular flexibility index (Phi) is 3.75. The van der Waals surface area contributed by atoms with Crippen LogP contribution in [0.5, 0.6) is 0 Å². The van der Waals surface area contributed by atoms with E-state index in [2.05, 4.69) is 17.4 Å². The van der Waals surface area contributed by atoms with Gasteiger partial charge in [-0.05, 0) is 29.6 Å². The number of carbonyl (C=O) groups is 1. The summed E-state index contributed by atoms with van der Waals surface area (Å²) in [6, 6.07) is 15.2. The minimum absolute atomic E-state index is 0.0432. The summed E-state index contributed by atoms with van der Waals surface area (Å²) in [4.78, 5) is 12.0. The average molecular weight is 299 g/mol. The largest absolute Gasteiger partial charge is 0.475 e. The van der Waals surface area contributed by atoms with Crippen LogP contribution in [0, 0.1) is 0 Å². The van der Waals surface area contributed by atoms with Crippen molar-refractivity contribution in [2.45, 2.75) is 6.54 Å². The first kappa shape index (κ1) is 13.5. The molecule has 0 aliphatic heterocycles. The molecule has 0 amide bonds. The molecule has 0 atom stereocenters. The minimum Gasteiger partial charge on any atom is -0.475 e. The summed E-state index contributed by atoms with van der Waals surface area (Å²) >= 11 is 1.68. The molecule has 0 fully saturated rings. The molecule has 0 saturated carbocycles. The first-order valence-electron chi connectivity index (χ1n) is 6.43. The topological polar surface area (TPSA) is 62.5 Å². The number of anilines is 1. The fourth-order valence-corrected chi connectivity index (χ4v) is 2.82. The maximum Gasteiger partial charge on any atom is 0.371 e. The molecule has 0 saturated heterocycles. The number of benzene rings is 1. The van der Waals surface area contributed by atoms with Gasteiger partial charge in [-0.25, -0.2) is 4.79 Å². The van der Waals surface area contributed by atoms with Crippen LogP contribution < -0.4 is 5.32 Å². The Balaban J connectivity index is 1.77. The number of carboxylic acid groups (broad SMARTS) is 1. The van der Waals surface area contributed by atoms with Gasteiger partial charge in [-0.2, -0.15) is 0 Å². The quantitative estimate of drug-likeness (QED) is 0.736. The number of para-hydroxylation sites is 1. The average Bonchev–Trinajstić information content (AvgIpc) is 3.17. The van der Waals surface area contributed by atoms with E-state index in [1.165, 1.54) is 10.9 Å². The highest BCUT2D eigenvalue weighted by Gasteiger charge is 2.10. The highest BCUT2D eigenvalue weighted by Crippen LogP contribution is 2.31. The highest BCUT2D eigenvalue weighted by atomic mass is 32.1. The van der Waals surface area contributed by atoms with Crippen LogP contribution in [-0.2, 0) is 6.54 Å². The van der Waals surface area contributed by atoms with E-state index >= 15 is 0 Å². The Morgan fingerprint density at radius 2 is 2.00 bits per heavy atom. The van der Waals surface area contributed by atoms with Crippen molar-refractivity contribution in [1.29, 1.82) is 0 Å². The SMILES string of the molecule is O=C(O)c1ccc(CNc2ccccc2-c2cccs2)o1. The number of hydrogen-bond acceptors (Lipinski definition) is 4. The summed E-state index contributed by atoms with van der Waals surface area (Å²) in [6.07, 6.45) is 0. The highest BCUT2D eigenvalue weighted by molar-refractivity contribution is 7.13. The zero-order chi connectivity index (χ0) is 14.7. The fraction of sp³-hybridized carbons (Fsp3) is 0.0625. The lowest BCUT2D eigenvalue weighted by molar-refractivity contribution is 0.0660. The predicted molar refractivity (Wildman–Crippen MR) is 82.7 cm³/mol. The molecule has 1 aromatic carbocycles. The third kappa shape index (κ3) is 2.98. The predicted octanol–water partition coefficient (Wildman–Crippen LogP) is 4.32. The van der Waals surface area contributed by atoms with Crippen molar-refractivity contribution in [2.24, 2.45) is 0 Å². The molecule has 3 rings (SSSR count). The standard InChI is InChI=1S/C16H13NO3S/c18-16(19)14-8-7-11(20-14)10-17-13-5-2-1-4-12(13)15-6-3-9-21-15/h1-9,17H,10H2,(H,18,19). The van der Waals surface area contributed by atoms with Gasteiger partial charge in [0.2, 0.25) is 5.76 Å². The number of rotatable bonds is 5. The van der Waals surface area contributed by atoms with Crippen LogP contribution in [0.3, 0.4) is 0 Å². The minimum atomic E-state index is -1.06. The summed E-state index contributed by atoms with van der Waals surface area (Å²) in [7, 11) is 0. The van der Waals surface area contributed by atoms with Gasteiger partial charge in [-0.3, -0.25) is 0 Å². The zero-order valence-corrected chi connectivity index (χ0v) is 11.9. The second-order valence-electron chi connectivity index (χ2n) is 4.45. The third-order valence-electron chi connectivity index (χ3n) is 3.04. The zero-order valence-electron chi connectivity index (χ0n) is 11.1. The van der Waals surface area contributed by atoms with Gasteiger partial charge < -0.3 is 14.8 Å². The smallest absolute Gasteiger partial charge is 0.371 e. The molecule has 2 N–H and O–H groups in total. The Labute approximate surface area is 125 Å². The molecule has 0 radical (unpaired) electrons. The van der Waals surface area contributed by atoms with Crippen LogP contribution in [0.25, 0.3) is 10.4 Å². The Bertz CT molecular complexity index is 746. The molecule has 0 aliphatic carbocycles. The maximum atomic E-state index is 10.8. The summed E-state index contributed by atoms with van der Waals surface area (Å²) in [5.74, 6) is -0.507. The van der Waals surface area contributed by atoms with Crippen molar-refractivity contribution in [3.8, 4) is 10.4 Å². The van der Waals surface area contributed by atoms with Gasteiger partial charge in [0, 0.05) is 16.1 Å². The molecule has 2 aromatic heterocycles. The molecule has 5 heteroatoms. The Morgan fingerprint density at radius 3 is 2.71 bits per heavy atom. The van der Waals surface area contributed by atoms with Crippen LogP contribution in [-0.4, -0.2) is 11.1 Å². The van der Waals surface area contributed by atoms with Crippen LogP contribution in [0.15, 0.2) is 58.3 Å². The van der Waals surface area contributed by atoms with Gasteiger partial charge in [0.1, 0.15) is 5.76 Å². The summed E-state index contributed by atoms with van der Waals surface area (Å²) in [5.41, 5.74) is 2.12. The molecule has 0 aliphatic rings. The lowest BCUT2D eigenvalue weighted by Gasteiger charge is -2.09. The second-order valence-corrected chi connectivity index (χ2v) is 5.40. The Morgan fingerprint density at radius 1 is 1.14 bits per heavy atom. The molecule has 2 heterocycles. The second kappa shape index (κ2) is 5.85. The monoisotopic (exact) mass is 299 g/mol. The van der Waals surface area contributed by atoms with E-state index in [1.807, 2.05) is 29.6 Å². The van der Waals surface area contributed by atoms with Crippen LogP contribution in [0.4, 0.5) is 5.69 Å². The summed E-state index contributed by atoms with van der Waals surface area (Å²) in [6.45, 7) is 0.440. The lowest BCUT2D eigenvalue weighted by Crippen LogP contribution is -1.99. The van der Waals surface area contributed by atoms with Crippen LogP contribution in [0.2, 0.25) is 0 Å². The van der Waals surface area contributed by atoms with Crippen LogP contribution >= 0.6 is 11.3 Å². The van der Waals surface area contributed by atoms with E-state index in [1.54, 1.807) is 17.4 Å². The number of hydrogen-bond donors (Lipinski definition) is 2. The van der Waals surface area contributed by atoms with E-state index in [0.29, 0.717) is 12.3 Å². The summed E-state index contributed by atoms with van der Waals surface area (Å²) in [5, 5.41) is 14.2. The van der Waals surface area contributed by atoms with E-state index in [0.717, 1.165) is 11.3 Å². The van der Waals surface area contributed by atoms with Gasteiger partial charge in [-0.15, -0.1) is 11.3 Å². The number of furan rings is 1. The molecular weight excluding hydrogens is 286 g/mol. The van der Waals surface area contributed by atoms with E-state index in [9.17, 15) is 4.79 Å². The van der Waals surface area contributed by atoms with Crippen molar-refractivity contribution in [1.82, 2.24) is 0 Å². The summed E-state index contributed by atoms with van der Waals surface area (Å²) < 4.78 is 5.24. The number of aromatic carboxylic acids is 1. The maximum absolute atomic E-state index is 10.8. The number of thiophene rings is 1. The van der Waals surface area contributed by atoms with Crippen molar-refractivity contribution in [3.05, 3.63) is 65.4 Å². The molecule has 0 bridgehead atoms. The van der Waals surface area contributed by atoms with Gasteiger partial charge in [-0.1, -0.05) is 24.3 Å².